The molecule has 1 radical (unpaired) electrons. The molecule has 1 atom stereocenters. The van der Waals surface area contributed by atoms with E-state index in [9.17, 15) is 4.79 Å². The second kappa shape index (κ2) is 5.14. The van der Waals surface area contributed by atoms with Crippen LogP contribution in [0.15, 0.2) is 30.3 Å². The lowest BCUT2D eigenvalue weighted by molar-refractivity contribution is 0.545. The van der Waals surface area contributed by atoms with Gasteiger partial charge in [0.25, 0.3) is 0 Å². The largest absolute Gasteiger partial charge is 0.386 e. The fraction of sp³-hybridized carbons (Fsp3) is 0.200. The molecule has 1 rings (SSSR count). The number of carbonyl (C=O) groups excluding carboxylic acids is 1. The molecule has 0 amide bonds. The Hall–Kier alpha value is -1.68. The van der Waals surface area contributed by atoms with Crippen LogP contribution in [0.5, 0.6) is 0 Å². The third kappa shape index (κ3) is 2.67. The second-order valence-electron chi connectivity index (χ2n) is 2.82. The summed E-state index contributed by atoms with van der Waals surface area (Å²) in [5, 5.41) is 10.2. The van der Waals surface area contributed by atoms with Crippen molar-refractivity contribution in [1.29, 1.82) is 5.41 Å². The smallest absolute Gasteiger partial charge is 0.213 e. The molecule has 1 aromatic rings. The molecule has 0 heterocycles. The topological polar surface area (TPSA) is 79.0 Å². The molecule has 4 N–H and O–H groups in total. The summed E-state index contributed by atoms with van der Waals surface area (Å²) in [5.41, 5.74) is 6.27. The van der Waals surface area contributed by atoms with Crippen molar-refractivity contribution in [2.45, 2.75) is 6.04 Å². The maximum atomic E-state index is 10.1. The molecular weight excluding hydrogens is 178 g/mol. The third-order valence-corrected chi connectivity index (χ3v) is 1.82. The molecule has 0 aromatic heterocycles. The minimum atomic E-state index is -0.405. The monoisotopic (exact) mass is 190 g/mol. The zero-order chi connectivity index (χ0) is 10.4. The lowest BCUT2D eigenvalue weighted by atomic mass is 10.1. The Balaban J connectivity index is 2.78. The summed E-state index contributed by atoms with van der Waals surface area (Å²) in [6, 6.07) is 8.90. The first-order chi connectivity index (χ1) is 6.75. The molecule has 0 bridgehead atoms. The van der Waals surface area contributed by atoms with Gasteiger partial charge in [0.2, 0.25) is 6.29 Å². The quantitative estimate of drug-likeness (QED) is 0.463. The Morgan fingerprint density at radius 2 is 2.14 bits per heavy atom. The van der Waals surface area contributed by atoms with Crippen LogP contribution in [0.2, 0.25) is 0 Å². The summed E-state index contributed by atoms with van der Waals surface area (Å²) in [5.74, 6) is -0.00792. The number of amidine groups is 1. The van der Waals surface area contributed by atoms with Crippen LogP contribution in [0.25, 0.3) is 0 Å². The lowest BCUT2D eigenvalue weighted by Crippen LogP contribution is -2.34. The van der Waals surface area contributed by atoms with Crippen LogP contribution >= 0.6 is 0 Å². The Labute approximate surface area is 82.6 Å². The van der Waals surface area contributed by atoms with Crippen LogP contribution < -0.4 is 11.1 Å². The van der Waals surface area contributed by atoms with E-state index in [2.05, 4.69) is 5.32 Å². The van der Waals surface area contributed by atoms with E-state index in [0.717, 1.165) is 5.56 Å². The van der Waals surface area contributed by atoms with Crippen molar-refractivity contribution in [2.24, 2.45) is 5.73 Å². The van der Waals surface area contributed by atoms with Gasteiger partial charge in [0.05, 0.1) is 12.6 Å². The predicted octanol–water partition coefficient (Wildman–Crippen LogP) is 0.363. The van der Waals surface area contributed by atoms with Gasteiger partial charge in [0, 0.05) is 0 Å². The SMILES string of the molecule is N=C(N)C(NC[C]=O)c1ccccc1. The maximum Gasteiger partial charge on any atom is 0.213 e. The zero-order valence-electron chi connectivity index (χ0n) is 7.66. The van der Waals surface area contributed by atoms with Crippen molar-refractivity contribution in [2.75, 3.05) is 6.54 Å². The van der Waals surface area contributed by atoms with Gasteiger partial charge in [0.1, 0.15) is 5.84 Å². The van der Waals surface area contributed by atoms with E-state index in [0.29, 0.717) is 0 Å². The van der Waals surface area contributed by atoms with Crippen molar-refractivity contribution in [3.63, 3.8) is 0 Å². The van der Waals surface area contributed by atoms with Crippen molar-refractivity contribution in [1.82, 2.24) is 5.32 Å². The highest BCUT2D eigenvalue weighted by molar-refractivity contribution is 5.84. The van der Waals surface area contributed by atoms with Gasteiger partial charge in [-0.05, 0) is 5.56 Å². The third-order valence-electron chi connectivity index (χ3n) is 1.82. The summed E-state index contributed by atoms with van der Waals surface area (Å²) in [6.45, 7) is 0.0686. The van der Waals surface area contributed by atoms with E-state index in [1.54, 1.807) is 6.29 Å². The standard InChI is InChI=1S/C10H12N3O/c11-10(12)9(13-6-7-14)8-4-2-1-3-5-8/h1-5,9,13H,6H2,(H3,11,12). The second-order valence-corrected chi connectivity index (χ2v) is 2.82. The molecule has 0 aliphatic heterocycles. The van der Waals surface area contributed by atoms with Gasteiger partial charge in [0.15, 0.2) is 0 Å². The van der Waals surface area contributed by atoms with E-state index in [1.807, 2.05) is 30.3 Å². The van der Waals surface area contributed by atoms with Crippen molar-refractivity contribution < 1.29 is 4.79 Å². The van der Waals surface area contributed by atoms with E-state index >= 15 is 0 Å². The molecule has 73 valence electrons. The van der Waals surface area contributed by atoms with E-state index in [4.69, 9.17) is 11.1 Å². The summed E-state index contributed by atoms with van der Waals surface area (Å²) in [4.78, 5) is 10.1. The molecular formula is C10H12N3O. The highest BCUT2D eigenvalue weighted by Gasteiger charge is 2.12. The summed E-state index contributed by atoms with van der Waals surface area (Å²) >= 11 is 0. The molecule has 4 nitrogen and oxygen atoms in total. The predicted molar refractivity (Wildman–Crippen MR) is 54.8 cm³/mol. The van der Waals surface area contributed by atoms with Crippen molar-refractivity contribution >= 4 is 12.1 Å². The molecule has 4 heteroatoms. The molecule has 1 unspecified atom stereocenters. The molecule has 0 aliphatic rings. The fourth-order valence-electron chi connectivity index (χ4n) is 1.20. The summed E-state index contributed by atoms with van der Waals surface area (Å²) in [6.07, 6.45) is 1.71. The first-order valence-corrected chi connectivity index (χ1v) is 4.23. The van der Waals surface area contributed by atoms with Gasteiger partial charge in [-0.25, -0.2) is 0 Å². The van der Waals surface area contributed by atoms with Crippen LogP contribution in [-0.4, -0.2) is 18.7 Å². The van der Waals surface area contributed by atoms with Gasteiger partial charge in [-0.1, -0.05) is 30.3 Å². The van der Waals surface area contributed by atoms with Gasteiger partial charge < -0.3 is 5.73 Å². The van der Waals surface area contributed by atoms with Crippen LogP contribution in [-0.2, 0) is 4.79 Å². The number of rotatable bonds is 5. The molecule has 0 saturated carbocycles. The van der Waals surface area contributed by atoms with Gasteiger partial charge in [-0.15, -0.1) is 0 Å². The van der Waals surface area contributed by atoms with Gasteiger partial charge in [-0.3, -0.25) is 15.5 Å². The van der Waals surface area contributed by atoms with Crippen LogP contribution in [0.3, 0.4) is 0 Å². The summed E-state index contributed by atoms with van der Waals surface area (Å²) < 4.78 is 0. The highest BCUT2D eigenvalue weighted by atomic mass is 16.1. The number of hydrogen-bond donors (Lipinski definition) is 3. The van der Waals surface area contributed by atoms with Crippen LogP contribution in [0, 0.1) is 5.41 Å². The average Bonchev–Trinajstić information content (AvgIpc) is 2.19. The van der Waals surface area contributed by atoms with Gasteiger partial charge in [-0.2, -0.15) is 0 Å². The Bertz CT molecular complexity index is 310. The van der Waals surface area contributed by atoms with Crippen LogP contribution in [0.4, 0.5) is 0 Å². The Morgan fingerprint density at radius 3 is 2.64 bits per heavy atom. The number of nitrogens with one attached hydrogen (secondary N) is 2. The van der Waals surface area contributed by atoms with Crippen LogP contribution in [0.1, 0.15) is 11.6 Å². The maximum absolute atomic E-state index is 10.1. The van der Waals surface area contributed by atoms with E-state index in [-0.39, 0.29) is 12.4 Å². The molecule has 0 spiro atoms. The van der Waals surface area contributed by atoms with Crippen molar-refractivity contribution in [3.8, 4) is 0 Å². The first kappa shape index (κ1) is 10.4. The van der Waals surface area contributed by atoms with Crippen molar-refractivity contribution in [3.05, 3.63) is 35.9 Å². The van der Waals surface area contributed by atoms with Gasteiger partial charge >= 0.3 is 0 Å². The zero-order valence-corrected chi connectivity index (χ0v) is 7.66. The lowest BCUT2D eigenvalue weighted by Gasteiger charge is -2.15. The Morgan fingerprint density at radius 1 is 1.50 bits per heavy atom. The molecule has 0 aliphatic carbocycles. The molecule has 1 aromatic carbocycles. The number of nitrogens with two attached hydrogens (primary N) is 1. The molecule has 0 fully saturated rings. The number of hydrogen-bond acceptors (Lipinski definition) is 3. The Kier molecular flexibility index (Phi) is 3.82. The minimum absolute atomic E-state index is 0.00792. The fourth-order valence-corrected chi connectivity index (χ4v) is 1.20. The normalized spacial score (nSPS) is 12.0. The molecule has 14 heavy (non-hydrogen) atoms. The highest BCUT2D eigenvalue weighted by Crippen LogP contribution is 2.10. The van der Waals surface area contributed by atoms with E-state index in [1.165, 1.54) is 0 Å². The van der Waals surface area contributed by atoms with E-state index < -0.39 is 6.04 Å². The number of benzene rings is 1. The molecule has 0 saturated heterocycles. The first-order valence-electron chi connectivity index (χ1n) is 4.23. The average molecular weight is 190 g/mol. The summed E-state index contributed by atoms with van der Waals surface area (Å²) in [7, 11) is 0. The minimum Gasteiger partial charge on any atom is -0.386 e.